The maximum absolute atomic E-state index is 11.7. The molecular formula is C14H17BrClNO4. The first-order valence-corrected chi connectivity index (χ1v) is 7.65. The fourth-order valence-electron chi connectivity index (χ4n) is 1.65. The van der Waals surface area contributed by atoms with Gasteiger partial charge in [0.05, 0.1) is 4.47 Å². The van der Waals surface area contributed by atoms with Crippen molar-refractivity contribution >= 4 is 39.4 Å². The molecule has 116 valence electrons. The van der Waals surface area contributed by atoms with Crippen molar-refractivity contribution in [1.82, 2.24) is 5.32 Å². The topological polar surface area (TPSA) is 75.6 Å². The zero-order valence-corrected chi connectivity index (χ0v) is 13.9. The fourth-order valence-corrected chi connectivity index (χ4v) is 2.45. The maximum Gasteiger partial charge on any atom is 0.303 e. The van der Waals surface area contributed by atoms with Gasteiger partial charge in [0.2, 0.25) is 0 Å². The fraction of sp³-hybridized carbons (Fsp3) is 0.429. The van der Waals surface area contributed by atoms with Gasteiger partial charge in [0.1, 0.15) is 5.75 Å². The average molecular weight is 379 g/mol. The number of nitrogens with one attached hydrogen (secondary N) is 1. The van der Waals surface area contributed by atoms with Gasteiger partial charge in [-0.1, -0.05) is 24.9 Å². The minimum atomic E-state index is -0.863. The lowest BCUT2D eigenvalue weighted by atomic mass is 10.0. The standard InChI is InChI=1S/C14H17BrClNO4/c1-2-9(5-14(19)20)7-17-13(18)8-21-12-4-3-10(16)6-11(12)15/h3-4,6,9H,2,5,7-8H2,1H3,(H,17,18)(H,19,20). The highest BCUT2D eigenvalue weighted by atomic mass is 79.9. The molecule has 0 heterocycles. The minimum absolute atomic E-state index is 0.0420. The number of aliphatic carboxylic acids is 1. The second-order valence-corrected chi connectivity index (χ2v) is 5.83. The summed E-state index contributed by atoms with van der Waals surface area (Å²) in [5.41, 5.74) is 0. The van der Waals surface area contributed by atoms with Gasteiger partial charge < -0.3 is 15.2 Å². The third-order valence-corrected chi connectivity index (χ3v) is 3.74. The van der Waals surface area contributed by atoms with E-state index in [0.29, 0.717) is 28.2 Å². The number of hydrogen-bond acceptors (Lipinski definition) is 3. The van der Waals surface area contributed by atoms with E-state index < -0.39 is 5.97 Å². The van der Waals surface area contributed by atoms with Crippen LogP contribution in [0.1, 0.15) is 19.8 Å². The van der Waals surface area contributed by atoms with Gasteiger partial charge in [0.15, 0.2) is 6.61 Å². The van der Waals surface area contributed by atoms with Crippen LogP contribution in [0.2, 0.25) is 5.02 Å². The van der Waals surface area contributed by atoms with Gasteiger partial charge in [0, 0.05) is 18.0 Å². The smallest absolute Gasteiger partial charge is 0.303 e. The summed E-state index contributed by atoms with van der Waals surface area (Å²) >= 11 is 9.10. The van der Waals surface area contributed by atoms with Crippen molar-refractivity contribution < 1.29 is 19.4 Å². The van der Waals surface area contributed by atoms with Crippen molar-refractivity contribution in [2.24, 2.45) is 5.92 Å². The summed E-state index contributed by atoms with van der Waals surface area (Å²) in [5, 5.41) is 12.0. The Kier molecular flexibility index (Phi) is 7.53. The Morgan fingerprint density at radius 2 is 2.19 bits per heavy atom. The second-order valence-electron chi connectivity index (χ2n) is 4.54. The Labute approximate surface area is 136 Å². The average Bonchev–Trinajstić information content (AvgIpc) is 2.42. The van der Waals surface area contributed by atoms with Crippen LogP contribution in [-0.2, 0) is 9.59 Å². The van der Waals surface area contributed by atoms with Crippen LogP contribution in [-0.4, -0.2) is 30.1 Å². The van der Waals surface area contributed by atoms with Crippen molar-refractivity contribution in [2.45, 2.75) is 19.8 Å². The second kappa shape index (κ2) is 8.89. The highest BCUT2D eigenvalue weighted by Crippen LogP contribution is 2.27. The van der Waals surface area contributed by atoms with Gasteiger partial charge in [-0.2, -0.15) is 0 Å². The molecular weight excluding hydrogens is 362 g/mol. The molecule has 1 amide bonds. The summed E-state index contributed by atoms with van der Waals surface area (Å²) in [4.78, 5) is 22.3. The van der Waals surface area contributed by atoms with Crippen molar-refractivity contribution in [3.63, 3.8) is 0 Å². The summed E-state index contributed by atoms with van der Waals surface area (Å²) in [6.45, 7) is 2.08. The Morgan fingerprint density at radius 1 is 1.48 bits per heavy atom. The van der Waals surface area contributed by atoms with Crippen LogP contribution in [0.25, 0.3) is 0 Å². The number of amides is 1. The van der Waals surface area contributed by atoms with Gasteiger partial charge in [-0.15, -0.1) is 0 Å². The molecule has 1 rings (SSSR count). The van der Waals surface area contributed by atoms with Gasteiger partial charge in [-0.3, -0.25) is 9.59 Å². The molecule has 5 nitrogen and oxygen atoms in total. The molecule has 1 unspecified atom stereocenters. The molecule has 7 heteroatoms. The quantitative estimate of drug-likeness (QED) is 0.729. The monoisotopic (exact) mass is 377 g/mol. The van der Waals surface area contributed by atoms with E-state index in [0.717, 1.165) is 0 Å². The van der Waals surface area contributed by atoms with Crippen molar-refractivity contribution in [1.29, 1.82) is 0 Å². The van der Waals surface area contributed by atoms with Crippen LogP contribution in [0.3, 0.4) is 0 Å². The molecule has 0 saturated carbocycles. The Morgan fingerprint density at radius 3 is 2.76 bits per heavy atom. The zero-order valence-electron chi connectivity index (χ0n) is 11.6. The molecule has 0 saturated heterocycles. The molecule has 0 spiro atoms. The number of carbonyl (C=O) groups excluding carboxylic acids is 1. The lowest BCUT2D eigenvalue weighted by Crippen LogP contribution is -2.33. The molecule has 0 aliphatic carbocycles. The van der Waals surface area contributed by atoms with Crippen LogP contribution in [0.4, 0.5) is 0 Å². The maximum atomic E-state index is 11.7. The number of carboxylic acids is 1. The third-order valence-electron chi connectivity index (χ3n) is 2.88. The zero-order chi connectivity index (χ0) is 15.8. The Hall–Kier alpha value is -1.27. The predicted octanol–water partition coefficient (Wildman–Crippen LogP) is 3.10. The molecule has 0 radical (unpaired) electrons. The van der Waals surface area contributed by atoms with Crippen molar-refractivity contribution in [3.8, 4) is 5.75 Å². The van der Waals surface area contributed by atoms with Crippen LogP contribution in [0.5, 0.6) is 5.75 Å². The molecule has 0 fully saturated rings. The lowest BCUT2D eigenvalue weighted by Gasteiger charge is -2.14. The van der Waals surface area contributed by atoms with Crippen molar-refractivity contribution in [3.05, 3.63) is 27.7 Å². The molecule has 0 bridgehead atoms. The van der Waals surface area contributed by atoms with E-state index in [-0.39, 0.29) is 24.9 Å². The number of hydrogen-bond donors (Lipinski definition) is 2. The highest BCUT2D eigenvalue weighted by Gasteiger charge is 2.13. The normalized spacial score (nSPS) is 11.8. The number of ether oxygens (including phenoxy) is 1. The van der Waals surface area contributed by atoms with Crippen molar-refractivity contribution in [2.75, 3.05) is 13.2 Å². The molecule has 1 aromatic carbocycles. The first-order chi connectivity index (χ1) is 9.92. The number of benzene rings is 1. The SMILES string of the molecule is CCC(CNC(=O)COc1ccc(Cl)cc1Br)CC(=O)O. The van der Waals surface area contributed by atoms with E-state index in [1.165, 1.54) is 0 Å². The van der Waals surface area contributed by atoms with Gasteiger partial charge in [-0.25, -0.2) is 0 Å². The summed E-state index contributed by atoms with van der Waals surface area (Å²) in [7, 11) is 0. The first-order valence-electron chi connectivity index (χ1n) is 6.48. The number of halogens is 2. The molecule has 0 aromatic heterocycles. The summed E-state index contributed by atoms with van der Waals surface area (Å²) < 4.78 is 6.03. The van der Waals surface area contributed by atoms with Crippen LogP contribution >= 0.6 is 27.5 Å². The van der Waals surface area contributed by atoms with E-state index in [4.69, 9.17) is 21.4 Å². The molecule has 0 aliphatic heterocycles. The van der Waals surface area contributed by atoms with E-state index in [1.54, 1.807) is 18.2 Å². The Bertz CT molecular complexity index is 510. The summed E-state index contributed by atoms with van der Waals surface area (Å²) in [6.07, 6.45) is 0.733. The number of carboxylic acid groups (broad SMARTS) is 1. The van der Waals surface area contributed by atoms with Gasteiger partial charge >= 0.3 is 5.97 Å². The third kappa shape index (κ3) is 6.82. The molecule has 2 N–H and O–H groups in total. The van der Waals surface area contributed by atoms with Crippen LogP contribution in [0.15, 0.2) is 22.7 Å². The summed E-state index contributed by atoms with van der Waals surface area (Å²) in [5.74, 6) is -0.709. The first kappa shape index (κ1) is 17.8. The van der Waals surface area contributed by atoms with Crippen LogP contribution < -0.4 is 10.1 Å². The highest BCUT2D eigenvalue weighted by molar-refractivity contribution is 9.10. The van der Waals surface area contributed by atoms with Crippen LogP contribution in [0, 0.1) is 5.92 Å². The van der Waals surface area contributed by atoms with E-state index in [1.807, 2.05) is 6.92 Å². The predicted molar refractivity (Wildman–Crippen MR) is 83.7 cm³/mol. The molecule has 1 aromatic rings. The Balaban J connectivity index is 2.38. The lowest BCUT2D eigenvalue weighted by molar-refractivity contribution is -0.138. The molecule has 1 atom stereocenters. The van der Waals surface area contributed by atoms with E-state index in [9.17, 15) is 9.59 Å². The largest absolute Gasteiger partial charge is 0.483 e. The minimum Gasteiger partial charge on any atom is -0.483 e. The van der Waals surface area contributed by atoms with Gasteiger partial charge in [0.25, 0.3) is 5.91 Å². The summed E-state index contributed by atoms with van der Waals surface area (Å²) in [6, 6.07) is 5.01. The van der Waals surface area contributed by atoms with Gasteiger partial charge in [-0.05, 0) is 40.0 Å². The number of rotatable bonds is 8. The molecule has 0 aliphatic rings. The molecule has 21 heavy (non-hydrogen) atoms. The number of carbonyl (C=O) groups is 2. The van der Waals surface area contributed by atoms with E-state index >= 15 is 0 Å². The van der Waals surface area contributed by atoms with E-state index in [2.05, 4.69) is 21.2 Å².